The zero-order valence-corrected chi connectivity index (χ0v) is 10.2. The van der Waals surface area contributed by atoms with Gasteiger partial charge in [-0.2, -0.15) is 0 Å². The Kier molecular flexibility index (Phi) is 3.82. The summed E-state index contributed by atoms with van der Waals surface area (Å²) in [6.07, 6.45) is 1.44. The Labute approximate surface area is 105 Å². The first-order chi connectivity index (χ1) is 8.69. The van der Waals surface area contributed by atoms with Crippen molar-refractivity contribution in [3.05, 3.63) is 23.8 Å². The molecule has 0 aromatic heterocycles. The molecule has 0 bridgehead atoms. The molecule has 0 unspecified atom stereocenters. The summed E-state index contributed by atoms with van der Waals surface area (Å²) in [7, 11) is 1.35. The van der Waals surface area contributed by atoms with Gasteiger partial charge in [-0.3, -0.25) is 9.59 Å². The van der Waals surface area contributed by atoms with Gasteiger partial charge in [-0.25, -0.2) is 0 Å². The lowest BCUT2D eigenvalue weighted by atomic mass is 10.0. The smallest absolute Gasteiger partial charge is 0.308 e. The maximum Gasteiger partial charge on any atom is 0.308 e. The van der Waals surface area contributed by atoms with Crippen LogP contribution >= 0.6 is 0 Å². The van der Waals surface area contributed by atoms with E-state index in [0.29, 0.717) is 12.2 Å². The third-order valence-electron chi connectivity index (χ3n) is 2.77. The number of carbonyl (C=O) groups is 2. The second-order valence-corrected chi connectivity index (χ2v) is 4.04. The van der Waals surface area contributed by atoms with Gasteiger partial charge in [-0.15, -0.1) is 0 Å². The van der Waals surface area contributed by atoms with Gasteiger partial charge in [0.15, 0.2) is 0 Å². The van der Waals surface area contributed by atoms with Crippen LogP contribution in [0.25, 0.3) is 0 Å². The molecule has 5 heteroatoms. The van der Waals surface area contributed by atoms with E-state index in [4.69, 9.17) is 4.74 Å². The zero-order chi connectivity index (χ0) is 13.0. The molecule has 1 aliphatic heterocycles. The van der Waals surface area contributed by atoms with Gasteiger partial charge in [0.1, 0.15) is 5.75 Å². The van der Waals surface area contributed by atoms with Crippen LogP contribution in [0, 0.1) is 0 Å². The molecule has 1 N–H and O–H groups in total. The van der Waals surface area contributed by atoms with Gasteiger partial charge in [0, 0.05) is 12.1 Å². The molecule has 1 amide bonds. The summed E-state index contributed by atoms with van der Waals surface area (Å²) in [4.78, 5) is 22.1. The van der Waals surface area contributed by atoms with Crippen molar-refractivity contribution in [3.8, 4) is 5.75 Å². The van der Waals surface area contributed by atoms with Crippen LogP contribution in [0.2, 0.25) is 0 Å². The highest BCUT2D eigenvalue weighted by Crippen LogP contribution is 2.26. The van der Waals surface area contributed by atoms with E-state index in [1.165, 1.54) is 7.11 Å². The summed E-state index contributed by atoms with van der Waals surface area (Å²) in [5, 5.41) is 2.80. The van der Waals surface area contributed by atoms with Gasteiger partial charge in [0.2, 0.25) is 5.91 Å². The van der Waals surface area contributed by atoms with Crippen molar-refractivity contribution in [2.24, 2.45) is 0 Å². The number of hydrogen-bond acceptors (Lipinski definition) is 4. The molecule has 0 saturated heterocycles. The number of rotatable bonds is 4. The van der Waals surface area contributed by atoms with Crippen LogP contribution < -0.4 is 10.1 Å². The van der Waals surface area contributed by atoms with Gasteiger partial charge in [-0.1, -0.05) is 0 Å². The number of aryl methyl sites for hydroxylation is 1. The summed E-state index contributed by atoms with van der Waals surface area (Å²) in [6.45, 7) is 0.290. The number of benzene rings is 1. The molecule has 1 aliphatic rings. The van der Waals surface area contributed by atoms with E-state index in [1.54, 1.807) is 6.07 Å². The predicted molar refractivity (Wildman–Crippen MR) is 65.5 cm³/mol. The molecule has 0 spiro atoms. The highest BCUT2D eigenvalue weighted by Gasteiger charge is 2.15. The van der Waals surface area contributed by atoms with Crippen LogP contribution in [0.15, 0.2) is 18.2 Å². The standard InChI is InChI=1S/C13H15NO4/c1-17-13(16)6-7-18-10-3-4-11-9(8-10)2-5-12(15)14-11/h3-4,8H,2,5-7H2,1H3,(H,14,15). The van der Waals surface area contributed by atoms with E-state index in [-0.39, 0.29) is 24.9 Å². The van der Waals surface area contributed by atoms with Crippen molar-refractivity contribution in [3.63, 3.8) is 0 Å². The van der Waals surface area contributed by atoms with Crippen molar-refractivity contribution >= 4 is 17.6 Å². The average molecular weight is 249 g/mol. The summed E-state index contributed by atoms with van der Waals surface area (Å²) >= 11 is 0. The van der Waals surface area contributed by atoms with Crippen molar-refractivity contribution in [2.75, 3.05) is 19.0 Å². The van der Waals surface area contributed by atoms with Crippen molar-refractivity contribution in [1.82, 2.24) is 0 Å². The highest BCUT2D eigenvalue weighted by atomic mass is 16.5. The highest BCUT2D eigenvalue weighted by molar-refractivity contribution is 5.93. The quantitative estimate of drug-likeness (QED) is 0.821. The number of nitrogens with one attached hydrogen (secondary N) is 1. The summed E-state index contributed by atoms with van der Waals surface area (Å²) in [5.74, 6) is 0.455. The minimum atomic E-state index is -0.291. The first-order valence-electron chi connectivity index (χ1n) is 5.81. The molecular formula is C13H15NO4. The van der Waals surface area contributed by atoms with Gasteiger partial charge in [0.25, 0.3) is 0 Å². The second-order valence-electron chi connectivity index (χ2n) is 4.04. The lowest BCUT2D eigenvalue weighted by molar-refractivity contribution is -0.141. The number of ether oxygens (including phenoxy) is 2. The molecule has 18 heavy (non-hydrogen) atoms. The largest absolute Gasteiger partial charge is 0.493 e. The zero-order valence-electron chi connectivity index (χ0n) is 10.2. The van der Waals surface area contributed by atoms with E-state index in [0.717, 1.165) is 17.7 Å². The Morgan fingerprint density at radius 3 is 3.00 bits per heavy atom. The Bertz CT molecular complexity index is 470. The summed E-state index contributed by atoms with van der Waals surface area (Å²) < 4.78 is 9.98. The molecule has 1 aromatic carbocycles. The summed E-state index contributed by atoms with van der Waals surface area (Å²) in [5.41, 5.74) is 1.90. The van der Waals surface area contributed by atoms with Crippen LogP contribution in [0.3, 0.4) is 0 Å². The van der Waals surface area contributed by atoms with Gasteiger partial charge < -0.3 is 14.8 Å². The molecule has 5 nitrogen and oxygen atoms in total. The molecule has 0 aliphatic carbocycles. The number of methoxy groups -OCH3 is 1. The fraction of sp³-hybridized carbons (Fsp3) is 0.385. The maximum atomic E-state index is 11.2. The number of fused-ring (bicyclic) bond motifs is 1. The predicted octanol–water partition coefficient (Wildman–Crippen LogP) is 1.51. The Morgan fingerprint density at radius 2 is 2.22 bits per heavy atom. The fourth-order valence-electron chi connectivity index (χ4n) is 1.80. The van der Waals surface area contributed by atoms with Gasteiger partial charge in [-0.05, 0) is 30.2 Å². The first-order valence-corrected chi connectivity index (χ1v) is 5.81. The topological polar surface area (TPSA) is 64.6 Å². The average Bonchev–Trinajstić information content (AvgIpc) is 2.38. The molecule has 0 radical (unpaired) electrons. The lowest BCUT2D eigenvalue weighted by Gasteiger charge is -2.17. The summed E-state index contributed by atoms with van der Waals surface area (Å²) in [6, 6.07) is 5.49. The van der Waals surface area contributed by atoms with Crippen molar-refractivity contribution < 1.29 is 19.1 Å². The van der Waals surface area contributed by atoms with Crippen LogP contribution in [0.5, 0.6) is 5.75 Å². The second kappa shape index (κ2) is 5.53. The first kappa shape index (κ1) is 12.4. The molecule has 96 valence electrons. The molecule has 1 aromatic rings. The lowest BCUT2D eigenvalue weighted by Crippen LogP contribution is -2.18. The fourth-order valence-corrected chi connectivity index (χ4v) is 1.80. The van der Waals surface area contributed by atoms with E-state index in [9.17, 15) is 9.59 Å². The number of esters is 1. The van der Waals surface area contributed by atoms with Crippen LogP contribution in [0.4, 0.5) is 5.69 Å². The molecule has 0 atom stereocenters. The Balaban J connectivity index is 1.95. The van der Waals surface area contributed by atoms with Crippen LogP contribution in [0.1, 0.15) is 18.4 Å². The molecule has 2 rings (SSSR count). The third kappa shape index (κ3) is 3.00. The van der Waals surface area contributed by atoms with E-state index in [1.807, 2.05) is 12.1 Å². The van der Waals surface area contributed by atoms with Crippen molar-refractivity contribution in [1.29, 1.82) is 0 Å². The number of anilines is 1. The SMILES string of the molecule is COC(=O)CCOc1ccc2c(c1)CCC(=O)N2. The maximum absolute atomic E-state index is 11.2. The Morgan fingerprint density at radius 1 is 1.39 bits per heavy atom. The van der Waals surface area contributed by atoms with Gasteiger partial charge >= 0.3 is 5.97 Å². The molecule has 0 saturated carbocycles. The van der Waals surface area contributed by atoms with Crippen LogP contribution in [-0.4, -0.2) is 25.6 Å². The number of hydrogen-bond donors (Lipinski definition) is 1. The number of amides is 1. The van der Waals surface area contributed by atoms with E-state index in [2.05, 4.69) is 10.1 Å². The van der Waals surface area contributed by atoms with Crippen molar-refractivity contribution in [2.45, 2.75) is 19.3 Å². The molecular weight excluding hydrogens is 234 g/mol. The van der Waals surface area contributed by atoms with Crippen LogP contribution in [-0.2, 0) is 20.7 Å². The van der Waals surface area contributed by atoms with E-state index < -0.39 is 0 Å². The normalized spacial score (nSPS) is 13.5. The Hall–Kier alpha value is -2.04. The minimum absolute atomic E-state index is 0.0434. The van der Waals surface area contributed by atoms with Gasteiger partial charge in [0.05, 0.1) is 20.1 Å². The number of carbonyl (C=O) groups excluding carboxylic acids is 2. The molecule has 1 heterocycles. The van der Waals surface area contributed by atoms with E-state index >= 15 is 0 Å². The minimum Gasteiger partial charge on any atom is -0.493 e. The monoisotopic (exact) mass is 249 g/mol. The molecule has 0 fully saturated rings. The third-order valence-corrected chi connectivity index (χ3v) is 2.77.